The SMILES string of the molecule is CC1CN(Cc2ccccc2)CCN1c1cc(Cl)nnc1Cl. The summed E-state index contributed by atoms with van der Waals surface area (Å²) < 4.78 is 0. The van der Waals surface area contributed by atoms with Gasteiger partial charge in [-0.25, -0.2) is 0 Å². The minimum atomic E-state index is 0.343. The molecule has 0 saturated carbocycles. The van der Waals surface area contributed by atoms with Crippen LogP contribution in [0.2, 0.25) is 10.3 Å². The molecule has 1 aromatic carbocycles. The Hall–Kier alpha value is -1.36. The predicted molar refractivity (Wildman–Crippen MR) is 90.6 cm³/mol. The van der Waals surface area contributed by atoms with Crippen LogP contribution in [0.3, 0.4) is 0 Å². The number of hydrogen-bond acceptors (Lipinski definition) is 4. The Balaban J connectivity index is 1.68. The molecule has 0 aliphatic carbocycles. The lowest BCUT2D eigenvalue weighted by atomic mass is 10.1. The molecule has 1 aliphatic heterocycles. The first-order valence-corrected chi connectivity index (χ1v) is 8.11. The quantitative estimate of drug-likeness (QED) is 0.858. The number of halogens is 2. The number of benzene rings is 1. The van der Waals surface area contributed by atoms with Crippen molar-refractivity contribution >= 4 is 28.9 Å². The van der Waals surface area contributed by atoms with E-state index >= 15 is 0 Å². The van der Waals surface area contributed by atoms with E-state index in [9.17, 15) is 0 Å². The third kappa shape index (κ3) is 3.51. The van der Waals surface area contributed by atoms with Crippen molar-refractivity contribution in [1.29, 1.82) is 0 Å². The van der Waals surface area contributed by atoms with E-state index in [-0.39, 0.29) is 0 Å². The zero-order chi connectivity index (χ0) is 15.5. The number of aromatic nitrogens is 2. The predicted octanol–water partition coefficient (Wildman–Crippen LogP) is 3.49. The second-order valence-corrected chi connectivity index (χ2v) is 6.35. The minimum Gasteiger partial charge on any atom is -0.364 e. The first-order valence-electron chi connectivity index (χ1n) is 7.35. The number of anilines is 1. The maximum absolute atomic E-state index is 6.17. The normalized spacial score (nSPS) is 19.4. The fraction of sp³-hybridized carbons (Fsp3) is 0.375. The molecule has 2 aromatic rings. The van der Waals surface area contributed by atoms with Gasteiger partial charge in [0.25, 0.3) is 0 Å². The molecule has 3 rings (SSSR count). The Bertz CT molecular complexity index is 635. The van der Waals surface area contributed by atoms with Crippen LogP contribution in [-0.2, 0) is 6.54 Å². The Morgan fingerprint density at radius 3 is 2.64 bits per heavy atom. The molecule has 0 bridgehead atoms. The van der Waals surface area contributed by atoms with E-state index in [2.05, 4.69) is 51.2 Å². The molecule has 1 fully saturated rings. The molecular weight excluding hydrogens is 319 g/mol. The fourth-order valence-electron chi connectivity index (χ4n) is 2.92. The van der Waals surface area contributed by atoms with Crippen LogP contribution < -0.4 is 4.90 Å². The first-order chi connectivity index (χ1) is 10.6. The zero-order valence-corrected chi connectivity index (χ0v) is 13.9. The van der Waals surface area contributed by atoms with Crippen LogP contribution >= 0.6 is 23.2 Å². The van der Waals surface area contributed by atoms with Gasteiger partial charge in [-0.1, -0.05) is 53.5 Å². The average Bonchev–Trinajstić information content (AvgIpc) is 2.51. The summed E-state index contributed by atoms with van der Waals surface area (Å²) in [4.78, 5) is 4.71. The number of hydrogen-bond donors (Lipinski definition) is 0. The lowest BCUT2D eigenvalue weighted by Gasteiger charge is -2.41. The summed E-state index contributed by atoms with van der Waals surface area (Å²) in [6, 6.07) is 12.7. The molecule has 0 amide bonds. The molecule has 1 aromatic heterocycles. The van der Waals surface area contributed by atoms with E-state index < -0.39 is 0 Å². The molecule has 1 atom stereocenters. The standard InChI is InChI=1S/C16H18Cl2N4/c1-12-10-21(11-13-5-3-2-4-6-13)7-8-22(12)14-9-15(17)19-20-16(14)18/h2-6,9,12H,7-8,10-11H2,1H3. The van der Waals surface area contributed by atoms with Gasteiger partial charge in [-0.3, -0.25) is 4.90 Å². The summed E-state index contributed by atoms with van der Waals surface area (Å²) in [6.07, 6.45) is 0. The highest BCUT2D eigenvalue weighted by Crippen LogP contribution is 2.28. The minimum absolute atomic E-state index is 0.343. The average molecular weight is 337 g/mol. The van der Waals surface area contributed by atoms with Gasteiger partial charge in [0.05, 0.1) is 5.69 Å². The molecule has 22 heavy (non-hydrogen) atoms. The van der Waals surface area contributed by atoms with Crippen LogP contribution in [0.1, 0.15) is 12.5 Å². The largest absolute Gasteiger partial charge is 0.364 e. The Kier molecular flexibility index (Phi) is 4.81. The highest BCUT2D eigenvalue weighted by molar-refractivity contribution is 6.33. The molecule has 0 spiro atoms. The van der Waals surface area contributed by atoms with Gasteiger partial charge < -0.3 is 4.90 Å². The molecule has 0 N–H and O–H groups in total. The van der Waals surface area contributed by atoms with E-state index in [0.29, 0.717) is 16.3 Å². The zero-order valence-electron chi connectivity index (χ0n) is 12.4. The highest BCUT2D eigenvalue weighted by Gasteiger charge is 2.26. The summed E-state index contributed by atoms with van der Waals surface area (Å²) in [7, 11) is 0. The van der Waals surface area contributed by atoms with Crippen LogP contribution in [0, 0.1) is 0 Å². The van der Waals surface area contributed by atoms with Gasteiger partial charge in [-0.15, -0.1) is 10.2 Å². The van der Waals surface area contributed by atoms with E-state index in [0.717, 1.165) is 31.9 Å². The maximum Gasteiger partial charge on any atom is 0.175 e. The highest BCUT2D eigenvalue weighted by atomic mass is 35.5. The van der Waals surface area contributed by atoms with Crippen molar-refractivity contribution in [2.24, 2.45) is 0 Å². The summed E-state index contributed by atoms with van der Waals surface area (Å²) in [6.45, 7) is 6.03. The smallest absolute Gasteiger partial charge is 0.175 e. The number of piperazine rings is 1. The van der Waals surface area contributed by atoms with Crippen molar-refractivity contribution in [3.05, 3.63) is 52.3 Å². The lowest BCUT2D eigenvalue weighted by Crippen LogP contribution is -2.51. The third-order valence-corrected chi connectivity index (χ3v) is 4.42. The first kappa shape index (κ1) is 15.5. The second kappa shape index (κ2) is 6.82. The van der Waals surface area contributed by atoms with E-state index in [1.807, 2.05) is 6.07 Å². The van der Waals surface area contributed by atoms with Crippen molar-refractivity contribution < 1.29 is 0 Å². The van der Waals surface area contributed by atoms with E-state index in [4.69, 9.17) is 23.2 Å². The van der Waals surface area contributed by atoms with E-state index in [1.165, 1.54) is 5.56 Å². The summed E-state index contributed by atoms with van der Waals surface area (Å²) in [5.74, 6) is 0. The molecular formula is C16H18Cl2N4. The third-order valence-electron chi connectivity index (χ3n) is 3.97. The lowest BCUT2D eigenvalue weighted by molar-refractivity contribution is 0.221. The van der Waals surface area contributed by atoms with Crippen molar-refractivity contribution in [3.8, 4) is 0 Å². The molecule has 2 heterocycles. The summed E-state index contributed by atoms with van der Waals surface area (Å²) >= 11 is 12.1. The van der Waals surface area contributed by atoms with Crippen LogP contribution in [0.15, 0.2) is 36.4 Å². The molecule has 0 radical (unpaired) electrons. The van der Waals surface area contributed by atoms with Gasteiger partial charge in [0, 0.05) is 38.3 Å². The summed E-state index contributed by atoms with van der Waals surface area (Å²) in [5.41, 5.74) is 2.21. The number of rotatable bonds is 3. The van der Waals surface area contributed by atoms with E-state index in [1.54, 1.807) is 6.07 Å². The topological polar surface area (TPSA) is 32.3 Å². The fourth-order valence-corrected chi connectivity index (χ4v) is 3.26. The van der Waals surface area contributed by atoms with Gasteiger partial charge in [-0.2, -0.15) is 0 Å². The Morgan fingerprint density at radius 2 is 1.91 bits per heavy atom. The molecule has 116 valence electrons. The van der Waals surface area contributed by atoms with Crippen molar-refractivity contribution in [2.75, 3.05) is 24.5 Å². The van der Waals surface area contributed by atoms with Crippen LogP contribution in [-0.4, -0.2) is 40.8 Å². The summed E-state index contributed by atoms with van der Waals surface area (Å²) in [5, 5.41) is 8.46. The molecule has 1 aliphatic rings. The Labute approximate surface area is 140 Å². The van der Waals surface area contributed by atoms with Gasteiger partial charge >= 0.3 is 0 Å². The van der Waals surface area contributed by atoms with Gasteiger partial charge in [0.15, 0.2) is 10.3 Å². The van der Waals surface area contributed by atoms with Crippen LogP contribution in [0.5, 0.6) is 0 Å². The Morgan fingerprint density at radius 1 is 1.14 bits per heavy atom. The van der Waals surface area contributed by atoms with Crippen molar-refractivity contribution in [1.82, 2.24) is 15.1 Å². The van der Waals surface area contributed by atoms with Crippen molar-refractivity contribution in [3.63, 3.8) is 0 Å². The van der Waals surface area contributed by atoms with Crippen LogP contribution in [0.25, 0.3) is 0 Å². The molecule has 1 unspecified atom stereocenters. The van der Waals surface area contributed by atoms with Crippen LogP contribution in [0.4, 0.5) is 5.69 Å². The van der Waals surface area contributed by atoms with Gasteiger partial charge in [-0.05, 0) is 12.5 Å². The van der Waals surface area contributed by atoms with Gasteiger partial charge in [0.1, 0.15) is 0 Å². The number of nitrogens with zero attached hydrogens (tertiary/aromatic N) is 4. The monoisotopic (exact) mass is 336 g/mol. The van der Waals surface area contributed by atoms with Crippen molar-refractivity contribution in [2.45, 2.75) is 19.5 Å². The second-order valence-electron chi connectivity index (χ2n) is 5.61. The molecule has 1 saturated heterocycles. The van der Waals surface area contributed by atoms with Gasteiger partial charge in [0.2, 0.25) is 0 Å². The molecule has 4 nitrogen and oxygen atoms in total. The maximum atomic E-state index is 6.17. The molecule has 6 heteroatoms.